The zero-order valence-electron chi connectivity index (χ0n) is 14.3. The van der Waals surface area contributed by atoms with Gasteiger partial charge in [0.1, 0.15) is 5.69 Å². The summed E-state index contributed by atoms with van der Waals surface area (Å²) in [7, 11) is 0. The van der Waals surface area contributed by atoms with Gasteiger partial charge in [0.25, 0.3) is 5.91 Å². The summed E-state index contributed by atoms with van der Waals surface area (Å²) in [5, 5.41) is 5.73. The van der Waals surface area contributed by atoms with E-state index in [-0.39, 0.29) is 11.6 Å². The lowest BCUT2D eigenvalue weighted by Gasteiger charge is -2.10. The Bertz CT molecular complexity index is 936. The summed E-state index contributed by atoms with van der Waals surface area (Å²) >= 11 is 0. The highest BCUT2D eigenvalue weighted by Crippen LogP contribution is 2.30. The first-order chi connectivity index (χ1) is 12.8. The molecule has 138 valence electrons. The molecule has 0 radical (unpaired) electrons. The van der Waals surface area contributed by atoms with E-state index < -0.39 is 11.7 Å². The number of alkyl halides is 3. The number of aryl methyl sites for hydroxylation is 1. The van der Waals surface area contributed by atoms with Crippen LogP contribution in [0.15, 0.2) is 66.9 Å². The Balaban J connectivity index is 1.66. The van der Waals surface area contributed by atoms with Crippen molar-refractivity contribution in [2.45, 2.75) is 13.1 Å². The summed E-state index contributed by atoms with van der Waals surface area (Å²) in [4.78, 5) is 16.4. The van der Waals surface area contributed by atoms with Crippen LogP contribution in [0.4, 0.5) is 30.2 Å². The molecular weight excluding hydrogens is 355 g/mol. The lowest BCUT2D eigenvalue weighted by molar-refractivity contribution is -0.137. The average molecular weight is 371 g/mol. The summed E-state index contributed by atoms with van der Waals surface area (Å²) < 4.78 is 37.7. The molecule has 0 saturated carbocycles. The standard InChI is InChI=1S/C20H16F3N3O/c1-13-4-2-3-5-17(13)26-19(27)18-11-10-16(12-24-18)25-15-8-6-14(7-9-15)20(21,22)23/h2-12,25H,1H3,(H,26,27). The molecule has 0 bridgehead atoms. The SMILES string of the molecule is Cc1ccccc1NC(=O)c1ccc(Nc2ccc(C(F)(F)F)cc2)cn1. The Morgan fingerprint density at radius 3 is 2.19 bits per heavy atom. The molecule has 0 aliphatic carbocycles. The van der Waals surface area contributed by atoms with Crippen molar-refractivity contribution in [1.82, 2.24) is 4.98 Å². The van der Waals surface area contributed by atoms with Gasteiger partial charge < -0.3 is 10.6 Å². The van der Waals surface area contributed by atoms with Gasteiger partial charge in [-0.25, -0.2) is 4.98 Å². The zero-order chi connectivity index (χ0) is 19.4. The molecule has 0 fully saturated rings. The van der Waals surface area contributed by atoms with Crippen molar-refractivity contribution in [2.75, 3.05) is 10.6 Å². The van der Waals surface area contributed by atoms with E-state index in [0.29, 0.717) is 17.1 Å². The number of para-hydroxylation sites is 1. The van der Waals surface area contributed by atoms with Crippen LogP contribution in [0.1, 0.15) is 21.6 Å². The number of pyridine rings is 1. The van der Waals surface area contributed by atoms with Gasteiger partial charge in [-0.15, -0.1) is 0 Å². The van der Waals surface area contributed by atoms with Crippen LogP contribution in [-0.4, -0.2) is 10.9 Å². The number of nitrogens with one attached hydrogen (secondary N) is 2. The van der Waals surface area contributed by atoms with Crippen molar-refractivity contribution in [1.29, 1.82) is 0 Å². The van der Waals surface area contributed by atoms with Crippen LogP contribution in [0.25, 0.3) is 0 Å². The average Bonchev–Trinajstić information content (AvgIpc) is 2.64. The Labute approximate surface area is 154 Å². The quantitative estimate of drug-likeness (QED) is 0.645. The van der Waals surface area contributed by atoms with E-state index in [1.807, 2.05) is 25.1 Å². The van der Waals surface area contributed by atoms with Crippen LogP contribution in [0.2, 0.25) is 0 Å². The highest BCUT2D eigenvalue weighted by atomic mass is 19.4. The summed E-state index contributed by atoms with van der Waals surface area (Å²) in [5.74, 6) is -0.342. The maximum Gasteiger partial charge on any atom is 0.416 e. The first kappa shape index (κ1) is 18.4. The van der Waals surface area contributed by atoms with Gasteiger partial charge in [0.05, 0.1) is 17.4 Å². The predicted octanol–water partition coefficient (Wildman–Crippen LogP) is 5.40. The van der Waals surface area contributed by atoms with Gasteiger partial charge >= 0.3 is 6.18 Å². The molecule has 0 spiro atoms. The second-order valence-electron chi connectivity index (χ2n) is 5.90. The molecule has 3 rings (SSSR count). The number of carbonyl (C=O) groups is 1. The lowest BCUT2D eigenvalue weighted by Crippen LogP contribution is -2.14. The van der Waals surface area contributed by atoms with Crippen LogP contribution in [0.3, 0.4) is 0 Å². The largest absolute Gasteiger partial charge is 0.416 e. The van der Waals surface area contributed by atoms with Crippen LogP contribution < -0.4 is 10.6 Å². The fraction of sp³-hybridized carbons (Fsp3) is 0.100. The van der Waals surface area contributed by atoms with Crippen molar-refractivity contribution < 1.29 is 18.0 Å². The molecule has 0 aliphatic rings. The Kier molecular flexibility index (Phi) is 5.12. The van der Waals surface area contributed by atoms with Crippen molar-refractivity contribution in [3.05, 3.63) is 83.7 Å². The molecular formula is C20H16F3N3O. The van der Waals surface area contributed by atoms with Crippen LogP contribution >= 0.6 is 0 Å². The first-order valence-corrected chi connectivity index (χ1v) is 8.10. The van der Waals surface area contributed by atoms with Crippen molar-refractivity contribution in [3.63, 3.8) is 0 Å². The molecule has 3 aromatic rings. The number of amides is 1. The second kappa shape index (κ2) is 7.49. The van der Waals surface area contributed by atoms with Gasteiger partial charge in [-0.05, 0) is 55.0 Å². The van der Waals surface area contributed by atoms with E-state index in [2.05, 4.69) is 15.6 Å². The zero-order valence-corrected chi connectivity index (χ0v) is 14.3. The molecule has 1 heterocycles. The third-order valence-electron chi connectivity index (χ3n) is 3.89. The summed E-state index contributed by atoms with van der Waals surface area (Å²) in [6, 6.07) is 15.2. The van der Waals surface area contributed by atoms with Gasteiger partial charge in [0.2, 0.25) is 0 Å². The number of anilines is 3. The third-order valence-corrected chi connectivity index (χ3v) is 3.89. The molecule has 0 saturated heterocycles. The fourth-order valence-corrected chi connectivity index (χ4v) is 2.41. The van der Waals surface area contributed by atoms with E-state index in [0.717, 1.165) is 17.7 Å². The molecule has 1 aromatic heterocycles. The highest BCUT2D eigenvalue weighted by molar-refractivity contribution is 6.03. The van der Waals surface area contributed by atoms with E-state index in [1.165, 1.54) is 18.3 Å². The molecule has 0 unspecified atom stereocenters. The Morgan fingerprint density at radius 2 is 1.59 bits per heavy atom. The topological polar surface area (TPSA) is 54.0 Å². The van der Waals surface area contributed by atoms with Crippen molar-refractivity contribution in [3.8, 4) is 0 Å². The Morgan fingerprint density at radius 1 is 0.926 bits per heavy atom. The minimum Gasteiger partial charge on any atom is -0.354 e. The van der Waals surface area contributed by atoms with E-state index in [1.54, 1.807) is 18.2 Å². The van der Waals surface area contributed by atoms with E-state index >= 15 is 0 Å². The van der Waals surface area contributed by atoms with E-state index in [4.69, 9.17) is 0 Å². The number of halogens is 3. The van der Waals surface area contributed by atoms with E-state index in [9.17, 15) is 18.0 Å². The first-order valence-electron chi connectivity index (χ1n) is 8.10. The van der Waals surface area contributed by atoms with Crippen molar-refractivity contribution >= 4 is 23.0 Å². The molecule has 4 nitrogen and oxygen atoms in total. The minimum atomic E-state index is -4.37. The van der Waals surface area contributed by atoms with Crippen LogP contribution in [0.5, 0.6) is 0 Å². The summed E-state index contributed by atoms with van der Waals surface area (Å²) in [5.41, 5.74) is 2.21. The molecule has 0 atom stereocenters. The highest BCUT2D eigenvalue weighted by Gasteiger charge is 2.29. The number of nitrogens with zero attached hydrogens (tertiary/aromatic N) is 1. The number of hydrogen-bond donors (Lipinski definition) is 2. The predicted molar refractivity (Wildman–Crippen MR) is 98.1 cm³/mol. The number of aromatic nitrogens is 1. The Hall–Kier alpha value is -3.35. The van der Waals surface area contributed by atoms with Gasteiger partial charge in [0, 0.05) is 11.4 Å². The smallest absolute Gasteiger partial charge is 0.354 e. The minimum absolute atomic E-state index is 0.233. The van der Waals surface area contributed by atoms with Gasteiger partial charge in [-0.1, -0.05) is 18.2 Å². The maximum absolute atomic E-state index is 12.6. The molecule has 7 heteroatoms. The van der Waals surface area contributed by atoms with Gasteiger partial charge in [-0.3, -0.25) is 4.79 Å². The second-order valence-corrected chi connectivity index (χ2v) is 5.90. The van der Waals surface area contributed by atoms with Crippen LogP contribution in [-0.2, 0) is 6.18 Å². The molecule has 1 amide bonds. The van der Waals surface area contributed by atoms with Gasteiger partial charge in [0.15, 0.2) is 0 Å². The maximum atomic E-state index is 12.6. The summed E-state index contributed by atoms with van der Waals surface area (Å²) in [6.07, 6.45) is -2.92. The van der Waals surface area contributed by atoms with Crippen LogP contribution in [0, 0.1) is 6.92 Å². The lowest BCUT2D eigenvalue weighted by atomic mass is 10.2. The molecule has 0 aliphatic heterocycles. The van der Waals surface area contributed by atoms with Gasteiger partial charge in [-0.2, -0.15) is 13.2 Å². The normalized spacial score (nSPS) is 11.1. The van der Waals surface area contributed by atoms with Crippen molar-refractivity contribution in [2.24, 2.45) is 0 Å². The molecule has 2 N–H and O–H groups in total. The molecule has 27 heavy (non-hydrogen) atoms. The number of rotatable bonds is 4. The molecule has 2 aromatic carbocycles. The number of benzene rings is 2. The third kappa shape index (κ3) is 4.63. The summed E-state index contributed by atoms with van der Waals surface area (Å²) in [6.45, 7) is 1.89. The number of carbonyl (C=O) groups excluding carboxylic acids is 1. The number of hydrogen-bond acceptors (Lipinski definition) is 3. The fourth-order valence-electron chi connectivity index (χ4n) is 2.41. The monoisotopic (exact) mass is 371 g/mol.